The van der Waals surface area contributed by atoms with Crippen molar-refractivity contribution in [1.82, 2.24) is 0 Å². The van der Waals surface area contributed by atoms with Crippen LogP contribution >= 0.6 is 0 Å². The van der Waals surface area contributed by atoms with Crippen LogP contribution in [-0.4, -0.2) is 0 Å². The van der Waals surface area contributed by atoms with Gasteiger partial charge in [0.05, 0.1) is 0 Å². The maximum absolute atomic E-state index is 2.45. The zero-order valence-corrected chi connectivity index (χ0v) is 9.10. The molecule has 0 spiro atoms. The molecule has 0 heterocycles. The predicted octanol–water partition coefficient (Wildman–Crippen LogP) is 4.39. The normalized spacial score (nSPS) is 37.6. The summed E-state index contributed by atoms with van der Waals surface area (Å²) in [7, 11) is 0. The Kier molecular flexibility index (Phi) is 3.29. The lowest BCUT2D eigenvalue weighted by molar-refractivity contribution is 0.166. The fourth-order valence-electron chi connectivity index (χ4n) is 3.51. The molecule has 2 atom stereocenters. The van der Waals surface area contributed by atoms with E-state index in [-0.39, 0.29) is 0 Å². The van der Waals surface area contributed by atoms with Gasteiger partial charge in [-0.3, -0.25) is 0 Å². The average Bonchev–Trinajstić information content (AvgIpc) is 2.19. The van der Waals surface area contributed by atoms with Gasteiger partial charge in [0.15, 0.2) is 0 Å². The van der Waals surface area contributed by atoms with Crippen molar-refractivity contribution in [1.29, 1.82) is 0 Å². The summed E-state index contributed by atoms with van der Waals surface area (Å²) >= 11 is 0. The number of hydrogen-bond acceptors (Lipinski definition) is 0. The van der Waals surface area contributed by atoms with Gasteiger partial charge in [0, 0.05) is 0 Å². The second kappa shape index (κ2) is 4.48. The van der Waals surface area contributed by atoms with E-state index in [1.807, 2.05) is 0 Å². The van der Waals surface area contributed by atoms with Gasteiger partial charge in [-0.2, -0.15) is 0 Å². The molecule has 0 saturated heterocycles. The van der Waals surface area contributed by atoms with Crippen molar-refractivity contribution in [2.75, 3.05) is 0 Å². The fraction of sp³-hybridized carbons (Fsp3) is 1.00. The predicted molar refractivity (Wildman–Crippen MR) is 57.7 cm³/mol. The fourth-order valence-corrected chi connectivity index (χ4v) is 3.51. The van der Waals surface area contributed by atoms with E-state index < -0.39 is 0 Å². The second-order valence-electron chi connectivity index (χ2n) is 5.43. The molecule has 0 aromatic heterocycles. The molecular weight excluding hydrogens is 156 g/mol. The van der Waals surface area contributed by atoms with Gasteiger partial charge in [-0.05, 0) is 24.2 Å². The van der Waals surface area contributed by atoms with Crippen LogP contribution in [0.4, 0.5) is 0 Å². The van der Waals surface area contributed by atoms with Gasteiger partial charge in [-0.15, -0.1) is 0 Å². The van der Waals surface area contributed by atoms with E-state index in [1.54, 1.807) is 25.7 Å². The van der Waals surface area contributed by atoms with Crippen molar-refractivity contribution in [3.05, 3.63) is 0 Å². The quantitative estimate of drug-likeness (QED) is 0.561. The van der Waals surface area contributed by atoms with Crippen molar-refractivity contribution in [2.24, 2.45) is 17.8 Å². The Morgan fingerprint density at radius 3 is 2.08 bits per heavy atom. The Hall–Kier alpha value is 0. The topological polar surface area (TPSA) is 0 Å². The van der Waals surface area contributed by atoms with Crippen LogP contribution in [0.2, 0.25) is 0 Å². The minimum Gasteiger partial charge on any atom is -0.0625 e. The molecule has 2 rings (SSSR count). The smallest absolute Gasteiger partial charge is 0.0383 e. The molecule has 0 radical (unpaired) electrons. The van der Waals surface area contributed by atoms with E-state index in [0.717, 1.165) is 17.8 Å². The first-order valence-electron chi connectivity index (χ1n) is 6.36. The van der Waals surface area contributed by atoms with E-state index in [9.17, 15) is 0 Å². The first-order chi connectivity index (χ1) is 6.36. The molecule has 0 aliphatic heterocycles. The minimum absolute atomic E-state index is 1.03. The van der Waals surface area contributed by atoms with Crippen molar-refractivity contribution in [2.45, 2.75) is 64.7 Å². The first-order valence-corrected chi connectivity index (χ1v) is 6.36. The van der Waals surface area contributed by atoms with Gasteiger partial charge in [-0.1, -0.05) is 58.3 Å². The van der Waals surface area contributed by atoms with E-state index in [4.69, 9.17) is 0 Å². The molecule has 0 nitrogen and oxygen atoms in total. The Morgan fingerprint density at radius 2 is 1.38 bits per heavy atom. The average molecular weight is 180 g/mol. The molecule has 0 bridgehead atoms. The molecule has 0 amide bonds. The van der Waals surface area contributed by atoms with Crippen molar-refractivity contribution >= 4 is 0 Å². The summed E-state index contributed by atoms with van der Waals surface area (Å²) in [6.07, 6.45) is 13.8. The molecule has 0 aromatic carbocycles. The highest BCUT2D eigenvalue weighted by Gasteiger charge is 2.27. The molecular formula is C13H24. The lowest BCUT2D eigenvalue weighted by atomic mass is 9.71. The van der Waals surface area contributed by atoms with Crippen molar-refractivity contribution in [3.8, 4) is 0 Å². The summed E-state index contributed by atoms with van der Waals surface area (Å²) in [6.45, 7) is 2.45. The summed E-state index contributed by atoms with van der Waals surface area (Å²) in [4.78, 5) is 0. The standard InChI is InChI=1S/C13H24/c1-11-6-5-9-13(10-11)12-7-3-2-4-8-12/h11-13H,2-10H2,1H3/t11-,13?/m1/s1. The van der Waals surface area contributed by atoms with Gasteiger partial charge in [0.25, 0.3) is 0 Å². The minimum atomic E-state index is 1.03. The monoisotopic (exact) mass is 180 g/mol. The number of hydrogen-bond donors (Lipinski definition) is 0. The lowest BCUT2D eigenvalue weighted by Crippen LogP contribution is -2.23. The molecule has 2 aliphatic carbocycles. The zero-order chi connectivity index (χ0) is 9.10. The number of rotatable bonds is 1. The van der Waals surface area contributed by atoms with E-state index in [0.29, 0.717) is 0 Å². The summed E-state index contributed by atoms with van der Waals surface area (Å²) < 4.78 is 0. The Balaban J connectivity index is 1.83. The van der Waals surface area contributed by atoms with Crippen LogP contribution in [0.25, 0.3) is 0 Å². The molecule has 13 heavy (non-hydrogen) atoms. The second-order valence-corrected chi connectivity index (χ2v) is 5.43. The van der Waals surface area contributed by atoms with Gasteiger partial charge < -0.3 is 0 Å². The van der Waals surface area contributed by atoms with Crippen LogP contribution in [0, 0.1) is 17.8 Å². The maximum atomic E-state index is 2.45. The molecule has 76 valence electrons. The highest BCUT2D eigenvalue weighted by molar-refractivity contribution is 4.78. The molecule has 0 heteroatoms. The van der Waals surface area contributed by atoms with Crippen LogP contribution in [0.5, 0.6) is 0 Å². The maximum Gasteiger partial charge on any atom is -0.0383 e. The molecule has 2 fully saturated rings. The summed E-state index contributed by atoms with van der Waals surface area (Å²) in [5.41, 5.74) is 0. The van der Waals surface area contributed by atoms with Crippen LogP contribution in [0.15, 0.2) is 0 Å². The third kappa shape index (κ3) is 2.48. The van der Waals surface area contributed by atoms with Crippen LogP contribution in [0.3, 0.4) is 0 Å². The summed E-state index contributed by atoms with van der Waals surface area (Å²) in [5, 5.41) is 0. The van der Waals surface area contributed by atoms with Gasteiger partial charge >= 0.3 is 0 Å². The highest BCUT2D eigenvalue weighted by Crippen LogP contribution is 2.39. The Labute approximate surface area is 83.1 Å². The molecule has 0 N–H and O–H groups in total. The summed E-state index contributed by atoms with van der Waals surface area (Å²) in [5.74, 6) is 3.27. The van der Waals surface area contributed by atoms with Crippen LogP contribution < -0.4 is 0 Å². The first kappa shape index (κ1) is 9.55. The van der Waals surface area contributed by atoms with Crippen molar-refractivity contribution in [3.63, 3.8) is 0 Å². The zero-order valence-electron chi connectivity index (χ0n) is 9.10. The highest BCUT2D eigenvalue weighted by atomic mass is 14.3. The Morgan fingerprint density at radius 1 is 0.692 bits per heavy atom. The molecule has 2 saturated carbocycles. The van der Waals surface area contributed by atoms with Gasteiger partial charge in [0.1, 0.15) is 0 Å². The third-order valence-electron chi connectivity index (χ3n) is 4.29. The summed E-state index contributed by atoms with van der Waals surface area (Å²) in [6, 6.07) is 0. The van der Waals surface area contributed by atoms with Gasteiger partial charge in [-0.25, -0.2) is 0 Å². The van der Waals surface area contributed by atoms with E-state index in [1.165, 1.54) is 32.1 Å². The van der Waals surface area contributed by atoms with Crippen LogP contribution in [0.1, 0.15) is 64.7 Å². The van der Waals surface area contributed by atoms with Gasteiger partial charge in [0.2, 0.25) is 0 Å². The SMILES string of the molecule is C[C@@H]1CCCC(C2CCCCC2)C1. The molecule has 0 aromatic rings. The largest absolute Gasteiger partial charge is 0.0625 e. The van der Waals surface area contributed by atoms with Crippen LogP contribution in [-0.2, 0) is 0 Å². The van der Waals surface area contributed by atoms with Crippen molar-refractivity contribution < 1.29 is 0 Å². The Bertz CT molecular complexity index is 144. The molecule has 1 unspecified atom stereocenters. The van der Waals surface area contributed by atoms with E-state index in [2.05, 4.69) is 6.92 Å². The molecule has 2 aliphatic rings. The van der Waals surface area contributed by atoms with E-state index >= 15 is 0 Å². The third-order valence-corrected chi connectivity index (χ3v) is 4.29. The lowest BCUT2D eigenvalue weighted by Gasteiger charge is -2.35.